The molecule has 0 fully saturated rings. The highest BCUT2D eigenvalue weighted by Gasteiger charge is 2.39. The van der Waals surface area contributed by atoms with Crippen LogP contribution in [0.1, 0.15) is 51.0 Å². The molecule has 8 heteroatoms. The van der Waals surface area contributed by atoms with E-state index in [2.05, 4.69) is 67.8 Å². The predicted molar refractivity (Wildman–Crippen MR) is 138 cm³/mol. The first kappa shape index (κ1) is 26.0. The molecule has 0 N–H and O–H groups in total. The molecular weight excluding hydrogens is 446 g/mol. The Morgan fingerprint density at radius 1 is 1.21 bits per heavy atom. The molecular formula is C26H39N3O4Si. The monoisotopic (exact) mass is 485 g/mol. The van der Waals surface area contributed by atoms with E-state index in [9.17, 15) is 4.79 Å². The maximum Gasteiger partial charge on any atom is 0.358 e. The smallest absolute Gasteiger partial charge is 0.358 e. The summed E-state index contributed by atoms with van der Waals surface area (Å²) in [5, 5.41) is 1.29. The Hall–Kier alpha value is -2.58. The van der Waals surface area contributed by atoms with Gasteiger partial charge in [0.25, 0.3) is 0 Å². The molecule has 3 aromatic rings. The summed E-state index contributed by atoms with van der Waals surface area (Å²) in [7, 11) is 0.0726. The second kappa shape index (κ2) is 10.8. The van der Waals surface area contributed by atoms with Crippen LogP contribution in [0.15, 0.2) is 43.0 Å². The number of imidazole rings is 1. The molecule has 0 aliphatic carbocycles. The number of carbonyl (C=O) groups is 1. The highest BCUT2D eigenvalue weighted by molar-refractivity contribution is 6.74. The summed E-state index contributed by atoms with van der Waals surface area (Å²) in [5.74, 6) is 0.487. The number of nitrogens with zero attached hydrogens (tertiary/aromatic N) is 3. The van der Waals surface area contributed by atoms with Gasteiger partial charge in [-0.15, -0.1) is 0 Å². The first-order valence-corrected chi connectivity index (χ1v) is 15.0. The number of esters is 1. The molecule has 186 valence electrons. The number of fused-ring (bicyclic) bond motifs is 1. The van der Waals surface area contributed by atoms with Crippen molar-refractivity contribution in [2.24, 2.45) is 7.05 Å². The van der Waals surface area contributed by atoms with Gasteiger partial charge in [0, 0.05) is 36.9 Å². The Bertz CT molecular complexity index is 1100. The van der Waals surface area contributed by atoms with Crippen molar-refractivity contribution in [3.8, 4) is 5.75 Å². The fraction of sp³-hybridized carbons (Fsp3) is 0.538. The van der Waals surface area contributed by atoms with Crippen molar-refractivity contribution in [1.82, 2.24) is 14.1 Å². The van der Waals surface area contributed by atoms with Crippen LogP contribution in [-0.4, -0.2) is 47.7 Å². The Kier molecular flexibility index (Phi) is 8.25. The van der Waals surface area contributed by atoms with E-state index >= 15 is 0 Å². The third-order valence-electron chi connectivity index (χ3n) is 6.60. The van der Waals surface area contributed by atoms with Gasteiger partial charge in [0.05, 0.1) is 25.6 Å². The molecule has 7 nitrogen and oxygen atoms in total. The molecule has 0 aliphatic heterocycles. The van der Waals surface area contributed by atoms with E-state index in [0.29, 0.717) is 25.5 Å². The molecule has 0 saturated carbocycles. The van der Waals surface area contributed by atoms with E-state index in [4.69, 9.17) is 13.9 Å². The van der Waals surface area contributed by atoms with Gasteiger partial charge < -0.3 is 23.0 Å². The van der Waals surface area contributed by atoms with Crippen molar-refractivity contribution in [1.29, 1.82) is 0 Å². The Morgan fingerprint density at radius 2 is 1.97 bits per heavy atom. The van der Waals surface area contributed by atoms with Crippen LogP contribution in [0.25, 0.3) is 10.9 Å². The van der Waals surface area contributed by atoms with Crippen molar-refractivity contribution >= 4 is 25.2 Å². The molecule has 1 atom stereocenters. The number of carbonyl (C=O) groups excluding carboxylic acids is 1. The van der Waals surface area contributed by atoms with Gasteiger partial charge in [-0.2, -0.15) is 0 Å². The molecule has 0 spiro atoms. The zero-order valence-electron chi connectivity index (χ0n) is 21.6. The third kappa shape index (κ3) is 6.51. The molecule has 0 saturated heterocycles. The summed E-state index contributed by atoms with van der Waals surface area (Å²) in [4.78, 5) is 16.2. The van der Waals surface area contributed by atoms with Gasteiger partial charge in [-0.1, -0.05) is 20.8 Å². The van der Waals surface area contributed by atoms with Gasteiger partial charge >= 0.3 is 5.97 Å². The van der Waals surface area contributed by atoms with Crippen LogP contribution < -0.4 is 4.74 Å². The summed E-state index contributed by atoms with van der Waals surface area (Å²) in [6.07, 6.45) is 7.20. The molecule has 2 aromatic heterocycles. The van der Waals surface area contributed by atoms with E-state index in [1.54, 1.807) is 19.4 Å². The first-order chi connectivity index (χ1) is 16.0. The molecule has 1 aromatic carbocycles. The van der Waals surface area contributed by atoms with Gasteiger partial charge in [-0.25, -0.2) is 9.78 Å². The van der Waals surface area contributed by atoms with E-state index in [1.165, 1.54) is 10.9 Å². The quantitative estimate of drug-likeness (QED) is 0.195. The van der Waals surface area contributed by atoms with Crippen LogP contribution in [-0.2, 0) is 22.8 Å². The number of aryl methyl sites for hydroxylation is 1. The summed E-state index contributed by atoms with van der Waals surface area (Å²) >= 11 is 0. The predicted octanol–water partition coefficient (Wildman–Crippen LogP) is 5.80. The highest BCUT2D eigenvalue weighted by atomic mass is 28.4. The lowest BCUT2D eigenvalue weighted by Crippen LogP contribution is -2.45. The number of hydrogen-bond acceptors (Lipinski definition) is 5. The van der Waals surface area contributed by atoms with Crippen molar-refractivity contribution in [3.63, 3.8) is 0 Å². The molecule has 0 radical (unpaired) electrons. The standard InChI is InChI=1S/C26H39N3O4Si/c1-8-31-25(30)23-18-29(19-27-23)17-22(33-34(6,7)26(2,3)4)10-9-15-32-21-11-12-24-20(16-21)13-14-28(24)5/h11-14,16,18-19,22H,8-10,15,17H2,1-7H3. The van der Waals surface area contributed by atoms with Gasteiger partial charge in [0.15, 0.2) is 14.0 Å². The zero-order valence-corrected chi connectivity index (χ0v) is 22.6. The van der Waals surface area contributed by atoms with Crippen LogP contribution >= 0.6 is 0 Å². The maximum atomic E-state index is 12.0. The van der Waals surface area contributed by atoms with Crippen molar-refractivity contribution in [3.05, 3.63) is 48.7 Å². The van der Waals surface area contributed by atoms with Gasteiger partial charge in [-0.3, -0.25) is 0 Å². The van der Waals surface area contributed by atoms with E-state index < -0.39 is 14.3 Å². The topological polar surface area (TPSA) is 67.5 Å². The zero-order chi connectivity index (χ0) is 24.9. The third-order valence-corrected chi connectivity index (χ3v) is 11.1. The van der Waals surface area contributed by atoms with Crippen LogP contribution in [0.2, 0.25) is 18.1 Å². The largest absolute Gasteiger partial charge is 0.494 e. The fourth-order valence-corrected chi connectivity index (χ4v) is 5.02. The molecule has 0 bridgehead atoms. The number of rotatable bonds is 11. The minimum absolute atomic E-state index is 0.00495. The number of benzene rings is 1. The molecule has 0 aliphatic rings. The molecule has 0 amide bonds. The van der Waals surface area contributed by atoms with Gasteiger partial charge in [0.1, 0.15) is 5.75 Å². The average molecular weight is 486 g/mol. The second-order valence-corrected chi connectivity index (χ2v) is 15.1. The summed E-state index contributed by atoms with van der Waals surface area (Å²) in [6.45, 7) is 14.6. The van der Waals surface area contributed by atoms with Gasteiger partial charge in [-0.05, 0) is 62.2 Å². The molecule has 1 unspecified atom stereocenters. The van der Waals surface area contributed by atoms with Gasteiger partial charge in [0.2, 0.25) is 0 Å². The van der Waals surface area contributed by atoms with Crippen LogP contribution in [0, 0.1) is 0 Å². The lowest BCUT2D eigenvalue weighted by atomic mass is 10.2. The number of aromatic nitrogens is 3. The minimum atomic E-state index is -1.97. The summed E-state index contributed by atoms with van der Waals surface area (Å²) < 4.78 is 21.9. The second-order valence-electron chi connectivity index (χ2n) is 10.3. The SMILES string of the molecule is CCOC(=O)c1cn(CC(CCCOc2ccc3c(ccn3C)c2)O[Si](C)(C)C(C)(C)C)cn1. The Balaban J connectivity index is 1.62. The van der Waals surface area contributed by atoms with Crippen molar-refractivity contribution < 1.29 is 18.7 Å². The van der Waals surface area contributed by atoms with Crippen LogP contribution in [0.5, 0.6) is 5.75 Å². The highest BCUT2D eigenvalue weighted by Crippen LogP contribution is 2.38. The lowest BCUT2D eigenvalue weighted by molar-refractivity contribution is 0.0519. The summed E-state index contributed by atoms with van der Waals surface area (Å²) in [5.41, 5.74) is 1.52. The molecule has 2 heterocycles. The summed E-state index contributed by atoms with van der Waals surface area (Å²) in [6, 6.07) is 8.30. The Labute approximate surface area is 204 Å². The Morgan fingerprint density at radius 3 is 2.68 bits per heavy atom. The van der Waals surface area contributed by atoms with E-state index in [0.717, 1.165) is 18.6 Å². The normalized spacial score (nSPS) is 13.3. The maximum absolute atomic E-state index is 12.0. The number of hydrogen-bond donors (Lipinski definition) is 0. The van der Waals surface area contributed by atoms with E-state index in [-0.39, 0.29) is 11.1 Å². The molecule has 34 heavy (non-hydrogen) atoms. The minimum Gasteiger partial charge on any atom is -0.494 e. The van der Waals surface area contributed by atoms with Crippen molar-refractivity contribution in [2.45, 2.75) is 71.3 Å². The van der Waals surface area contributed by atoms with Crippen LogP contribution in [0.3, 0.4) is 0 Å². The van der Waals surface area contributed by atoms with Crippen LogP contribution in [0.4, 0.5) is 0 Å². The number of ether oxygens (including phenoxy) is 2. The van der Waals surface area contributed by atoms with Crippen molar-refractivity contribution in [2.75, 3.05) is 13.2 Å². The first-order valence-electron chi connectivity index (χ1n) is 12.0. The molecule has 3 rings (SSSR count). The fourth-order valence-electron chi connectivity index (χ4n) is 3.64. The lowest BCUT2D eigenvalue weighted by Gasteiger charge is -2.39. The van der Waals surface area contributed by atoms with E-state index in [1.807, 2.05) is 17.7 Å². The average Bonchev–Trinajstić information content (AvgIpc) is 3.37.